The minimum Gasteiger partial charge on any atom is -0.497 e. The van der Waals surface area contributed by atoms with Crippen LogP contribution in [-0.4, -0.2) is 50.1 Å². The Bertz CT molecular complexity index is 792. The van der Waals surface area contributed by atoms with Crippen molar-refractivity contribution in [3.63, 3.8) is 0 Å². The summed E-state index contributed by atoms with van der Waals surface area (Å²) in [6.45, 7) is 0.528. The third-order valence-corrected chi connectivity index (χ3v) is 4.78. The fourth-order valence-electron chi connectivity index (χ4n) is 2.17. The highest BCUT2D eigenvalue weighted by Crippen LogP contribution is 2.11. The van der Waals surface area contributed by atoms with Crippen molar-refractivity contribution in [3.05, 3.63) is 59.9 Å². The molecule has 25 heavy (non-hydrogen) atoms. The zero-order chi connectivity index (χ0) is 18.3. The highest BCUT2D eigenvalue weighted by molar-refractivity contribution is 7.88. The predicted molar refractivity (Wildman–Crippen MR) is 94.8 cm³/mol. The fraction of sp³-hybridized carbons (Fsp3) is 0.294. The number of carbonyl (C=O) groups excluding carboxylic acids is 1. The number of amides is 1. The van der Waals surface area contributed by atoms with Gasteiger partial charge in [-0.1, -0.05) is 6.07 Å². The molecule has 0 bridgehead atoms. The second-order valence-corrected chi connectivity index (χ2v) is 7.38. The number of aromatic nitrogens is 1. The lowest BCUT2D eigenvalue weighted by atomic mass is 10.2. The summed E-state index contributed by atoms with van der Waals surface area (Å²) in [5.41, 5.74) is 1.13. The Morgan fingerprint density at radius 1 is 1.20 bits per heavy atom. The van der Waals surface area contributed by atoms with Crippen LogP contribution in [0.4, 0.5) is 0 Å². The van der Waals surface area contributed by atoms with Crippen LogP contribution in [0, 0.1) is 0 Å². The number of rotatable bonds is 8. The molecule has 2 rings (SSSR count). The molecule has 0 atom stereocenters. The van der Waals surface area contributed by atoms with Crippen molar-refractivity contribution >= 4 is 15.9 Å². The number of carbonyl (C=O) groups is 1. The third-order valence-electron chi connectivity index (χ3n) is 3.53. The van der Waals surface area contributed by atoms with Gasteiger partial charge in [-0.2, -0.15) is 4.31 Å². The summed E-state index contributed by atoms with van der Waals surface area (Å²) in [4.78, 5) is 16.2. The monoisotopic (exact) mass is 363 g/mol. The molecule has 7 nitrogen and oxygen atoms in total. The van der Waals surface area contributed by atoms with Gasteiger partial charge in [-0.25, -0.2) is 8.42 Å². The molecule has 0 aliphatic rings. The van der Waals surface area contributed by atoms with Crippen molar-refractivity contribution in [2.75, 3.05) is 26.5 Å². The first kappa shape index (κ1) is 18.9. The fourth-order valence-corrected chi connectivity index (χ4v) is 2.96. The molecule has 1 aromatic carbocycles. The summed E-state index contributed by atoms with van der Waals surface area (Å²) in [6.07, 6.45) is 2.75. The standard InChI is InChI=1S/C17H21N3O4S/c1-24-16-8-6-14(7-9-16)17(21)19-11-12-20(25(2,22)23)13-15-5-3-4-10-18-15/h3-10H,11-13H2,1-2H3,(H,19,21). The first-order chi connectivity index (χ1) is 11.9. The quantitative estimate of drug-likeness (QED) is 0.763. The maximum Gasteiger partial charge on any atom is 0.251 e. The van der Waals surface area contributed by atoms with Crippen LogP contribution in [0.25, 0.3) is 0 Å². The van der Waals surface area contributed by atoms with Crippen molar-refractivity contribution in [2.45, 2.75) is 6.54 Å². The maximum absolute atomic E-state index is 12.1. The maximum atomic E-state index is 12.1. The van der Waals surface area contributed by atoms with E-state index in [2.05, 4.69) is 10.3 Å². The Balaban J connectivity index is 1.92. The average molecular weight is 363 g/mol. The van der Waals surface area contributed by atoms with E-state index in [1.807, 2.05) is 0 Å². The van der Waals surface area contributed by atoms with Crippen molar-refractivity contribution < 1.29 is 17.9 Å². The molecule has 1 aromatic heterocycles. The zero-order valence-corrected chi connectivity index (χ0v) is 15.0. The van der Waals surface area contributed by atoms with Crippen LogP contribution in [-0.2, 0) is 16.6 Å². The molecule has 8 heteroatoms. The van der Waals surface area contributed by atoms with Crippen LogP contribution in [0.15, 0.2) is 48.7 Å². The Morgan fingerprint density at radius 3 is 2.48 bits per heavy atom. The van der Waals surface area contributed by atoms with E-state index in [4.69, 9.17) is 4.74 Å². The van der Waals surface area contributed by atoms with Crippen molar-refractivity contribution in [1.82, 2.24) is 14.6 Å². The molecule has 0 radical (unpaired) electrons. The zero-order valence-electron chi connectivity index (χ0n) is 14.2. The van der Waals surface area contributed by atoms with E-state index in [0.29, 0.717) is 17.0 Å². The van der Waals surface area contributed by atoms with E-state index < -0.39 is 10.0 Å². The number of hydrogen-bond donors (Lipinski definition) is 1. The van der Waals surface area contributed by atoms with E-state index in [9.17, 15) is 13.2 Å². The Labute approximate surface area is 147 Å². The summed E-state index contributed by atoms with van der Waals surface area (Å²) in [5, 5.41) is 2.72. The Morgan fingerprint density at radius 2 is 1.92 bits per heavy atom. The van der Waals surface area contributed by atoms with E-state index in [0.717, 1.165) is 6.26 Å². The minimum absolute atomic E-state index is 0.164. The van der Waals surface area contributed by atoms with Crippen LogP contribution < -0.4 is 10.1 Å². The lowest BCUT2D eigenvalue weighted by Gasteiger charge is -2.19. The number of hydrogen-bond acceptors (Lipinski definition) is 5. The number of benzene rings is 1. The second-order valence-electron chi connectivity index (χ2n) is 5.40. The smallest absolute Gasteiger partial charge is 0.251 e. The molecule has 0 saturated carbocycles. The molecule has 0 aliphatic carbocycles. The molecular formula is C17H21N3O4S. The summed E-state index contributed by atoms with van der Waals surface area (Å²) in [5.74, 6) is 0.393. The van der Waals surface area contributed by atoms with Crippen molar-refractivity contribution in [3.8, 4) is 5.75 Å². The Kier molecular flexibility index (Phi) is 6.49. The molecule has 0 spiro atoms. The third kappa shape index (κ3) is 5.84. The van der Waals surface area contributed by atoms with E-state index in [-0.39, 0.29) is 25.5 Å². The molecule has 0 aliphatic heterocycles. The van der Waals surface area contributed by atoms with Crippen LogP contribution in [0.1, 0.15) is 16.1 Å². The van der Waals surface area contributed by atoms with Gasteiger partial charge in [-0.05, 0) is 36.4 Å². The van der Waals surface area contributed by atoms with Gasteiger partial charge in [-0.3, -0.25) is 9.78 Å². The number of ether oxygens (including phenoxy) is 1. The second kappa shape index (κ2) is 8.59. The molecule has 134 valence electrons. The van der Waals surface area contributed by atoms with E-state index in [1.165, 1.54) is 4.31 Å². The van der Waals surface area contributed by atoms with Crippen LogP contribution in [0.3, 0.4) is 0 Å². The minimum atomic E-state index is -3.41. The molecule has 0 unspecified atom stereocenters. The first-order valence-corrected chi connectivity index (χ1v) is 9.52. The summed E-state index contributed by atoms with van der Waals surface area (Å²) in [7, 11) is -1.86. The molecule has 1 N–H and O–H groups in total. The summed E-state index contributed by atoms with van der Waals surface area (Å²) in [6, 6.07) is 12.0. The number of nitrogens with zero attached hydrogens (tertiary/aromatic N) is 2. The van der Waals surface area contributed by atoms with Crippen molar-refractivity contribution in [2.24, 2.45) is 0 Å². The highest BCUT2D eigenvalue weighted by Gasteiger charge is 2.17. The van der Waals surface area contributed by atoms with Crippen molar-refractivity contribution in [1.29, 1.82) is 0 Å². The number of methoxy groups -OCH3 is 1. The number of sulfonamides is 1. The van der Waals surface area contributed by atoms with Gasteiger partial charge in [0.2, 0.25) is 10.0 Å². The molecular weight excluding hydrogens is 342 g/mol. The largest absolute Gasteiger partial charge is 0.497 e. The molecule has 1 amide bonds. The van der Waals surface area contributed by atoms with Gasteiger partial charge < -0.3 is 10.1 Å². The van der Waals surface area contributed by atoms with Gasteiger partial charge in [0.25, 0.3) is 5.91 Å². The first-order valence-electron chi connectivity index (χ1n) is 7.67. The molecule has 2 aromatic rings. The summed E-state index contributed by atoms with van der Waals surface area (Å²) < 4.78 is 30.2. The predicted octanol–water partition coefficient (Wildman–Crippen LogP) is 1.28. The Hall–Kier alpha value is -2.45. The van der Waals surface area contributed by atoms with Crippen LogP contribution in [0.5, 0.6) is 5.75 Å². The van der Waals surface area contributed by atoms with Gasteiger partial charge in [0.05, 0.1) is 25.6 Å². The summed E-state index contributed by atoms with van der Waals surface area (Å²) >= 11 is 0. The topological polar surface area (TPSA) is 88.6 Å². The van der Waals surface area contributed by atoms with Gasteiger partial charge in [0, 0.05) is 24.8 Å². The number of nitrogens with one attached hydrogen (secondary N) is 1. The van der Waals surface area contributed by atoms with Gasteiger partial charge in [0.1, 0.15) is 5.75 Å². The average Bonchev–Trinajstić information content (AvgIpc) is 2.61. The van der Waals surface area contributed by atoms with Gasteiger partial charge >= 0.3 is 0 Å². The molecule has 0 fully saturated rings. The normalized spacial score (nSPS) is 11.3. The van der Waals surface area contributed by atoms with E-state index >= 15 is 0 Å². The highest BCUT2D eigenvalue weighted by atomic mass is 32.2. The molecule has 0 saturated heterocycles. The molecule has 1 heterocycles. The lowest BCUT2D eigenvalue weighted by Crippen LogP contribution is -2.37. The lowest BCUT2D eigenvalue weighted by molar-refractivity contribution is 0.0951. The van der Waals surface area contributed by atoms with Gasteiger partial charge in [0.15, 0.2) is 0 Å². The SMILES string of the molecule is COc1ccc(C(=O)NCCN(Cc2ccccn2)S(C)(=O)=O)cc1. The number of pyridine rings is 1. The van der Waals surface area contributed by atoms with Crippen LogP contribution in [0.2, 0.25) is 0 Å². The van der Waals surface area contributed by atoms with E-state index in [1.54, 1.807) is 55.8 Å². The van der Waals surface area contributed by atoms with Crippen LogP contribution >= 0.6 is 0 Å². The van der Waals surface area contributed by atoms with Gasteiger partial charge in [-0.15, -0.1) is 0 Å².